The summed E-state index contributed by atoms with van der Waals surface area (Å²) in [6, 6.07) is 10.0. The molecule has 0 bridgehead atoms. The SMILES string of the molecule is C[Si](C)(C)OP(=O)(CCc1ccccc1)CN1CCCC1=O. The smallest absolute Gasteiger partial charge is 0.223 e. The number of hydrogen-bond acceptors (Lipinski definition) is 3. The second-order valence-electron chi connectivity index (χ2n) is 6.88. The van der Waals surface area contributed by atoms with Crippen LogP contribution in [0.3, 0.4) is 0 Å². The van der Waals surface area contributed by atoms with E-state index in [0.717, 1.165) is 18.4 Å². The lowest BCUT2D eigenvalue weighted by Crippen LogP contribution is -2.31. The molecule has 1 aromatic rings. The lowest BCUT2D eigenvalue weighted by Gasteiger charge is -2.30. The normalized spacial score (nSPS) is 18.5. The number of rotatable bonds is 7. The van der Waals surface area contributed by atoms with Crippen molar-refractivity contribution < 1.29 is 13.6 Å². The molecule has 122 valence electrons. The van der Waals surface area contributed by atoms with E-state index in [2.05, 4.69) is 0 Å². The van der Waals surface area contributed by atoms with Crippen LogP contribution < -0.4 is 0 Å². The number of aryl methyl sites for hydroxylation is 1. The monoisotopic (exact) mass is 339 g/mol. The Labute approximate surface area is 134 Å². The first-order chi connectivity index (χ1) is 10.3. The molecule has 0 aliphatic carbocycles. The first-order valence-corrected chi connectivity index (χ1v) is 13.3. The fraction of sp³-hybridized carbons (Fsp3) is 0.562. The number of carbonyl (C=O) groups excluding carboxylic acids is 1. The van der Waals surface area contributed by atoms with E-state index in [4.69, 9.17) is 4.21 Å². The van der Waals surface area contributed by atoms with Crippen molar-refractivity contribution in [2.45, 2.75) is 38.9 Å². The van der Waals surface area contributed by atoms with Gasteiger partial charge in [0.25, 0.3) is 0 Å². The van der Waals surface area contributed by atoms with Crippen molar-refractivity contribution in [3.8, 4) is 0 Å². The summed E-state index contributed by atoms with van der Waals surface area (Å²) < 4.78 is 19.4. The molecule has 1 atom stereocenters. The molecule has 1 fully saturated rings. The van der Waals surface area contributed by atoms with E-state index in [1.54, 1.807) is 4.90 Å². The summed E-state index contributed by atoms with van der Waals surface area (Å²) in [5.41, 5.74) is 1.16. The molecule has 1 saturated heterocycles. The zero-order valence-corrected chi connectivity index (χ0v) is 15.6. The molecule has 1 unspecified atom stereocenters. The van der Waals surface area contributed by atoms with Gasteiger partial charge in [-0.1, -0.05) is 30.3 Å². The van der Waals surface area contributed by atoms with Crippen molar-refractivity contribution in [3.63, 3.8) is 0 Å². The minimum atomic E-state index is -2.83. The molecule has 1 heterocycles. The average Bonchev–Trinajstić information content (AvgIpc) is 2.81. The highest BCUT2D eigenvalue weighted by Crippen LogP contribution is 2.50. The molecule has 0 radical (unpaired) electrons. The molecule has 0 aromatic heterocycles. The summed E-state index contributed by atoms with van der Waals surface area (Å²) in [7, 11) is -4.75. The number of benzene rings is 1. The zero-order valence-electron chi connectivity index (χ0n) is 13.7. The molecule has 1 amide bonds. The number of likely N-dealkylation sites (tertiary alicyclic amines) is 1. The van der Waals surface area contributed by atoms with Crippen molar-refractivity contribution in [1.82, 2.24) is 4.90 Å². The van der Waals surface area contributed by atoms with E-state index in [0.29, 0.717) is 19.1 Å². The lowest BCUT2D eigenvalue weighted by atomic mass is 10.2. The molecule has 2 rings (SSSR count). The second-order valence-corrected chi connectivity index (χ2v) is 14.2. The lowest BCUT2D eigenvalue weighted by molar-refractivity contribution is -0.127. The Balaban J connectivity index is 2.07. The first-order valence-electron chi connectivity index (χ1n) is 7.88. The van der Waals surface area contributed by atoms with Gasteiger partial charge in [0, 0.05) is 19.1 Å². The topological polar surface area (TPSA) is 46.6 Å². The van der Waals surface area contributed by atoms with E-state index in [9.17, 15) is 9.36 Å². The van der Waals surface area contributed by atoms with Crippen LogP contribution >= 0.6 is 7.37 Å². The molecule has 0 spiro atoms. The molecule has 1 aliphatic heterocycles. The summed E-state index contributed by atoms with van der Waals surface area (Å²) in [5.74, 6) is 0.110. The van der Waals surface area contributed by atoms with Gasteiger partial charge in [-0.2, -0.15) is 0 Å². The molecule has 6 heteroatoms. The summed E-state index contributed by atoms with van der Waals surface area (Å²) in [5, 5.41) is 0. The van der Waals surface area contributed by atoms with E-state index in [1.807, 2.05) is 50.0 Å². The number of nitrogens with zero attached hydrogens (tertiary/aromatic N) is 1. The van der Waals surface area contributed by atoms with Crippen molar-refractivity contribution in [3.05, 3.63) is 35.9 Å². The minimum Gasteiger partial charge on any atom is -0.369 e. The minimum absolute atomic E-state index is 0.110. The quantitative estimate of drug-likeness (QED) is 0.558. The van der Waals surface area contributed by atoms with Crippen LogP contribution in [-0.2, 0) is 20.0 Å². The summed E-state index contributed by atoms with van der Waals surface area (Å²) in [6.45, 7) is 6.86. The zero-order chi connectivity index (χ0) is 16.2. The Morgan fingerprint density at radius 3 is 2.45 bits per heavy atom. The van der Waals surface area contributed by atoms with Crippen LogP contribution in [0.15, 0.2) is 30.3 Å². The maximum absolute atomic E-state index is 13.3. The Kier molecular flexibility index (Phi) is 5.64. The predicted molar refractivity (Wildman–Crippen MR) is 92.9 cm³/mol. The number of carbonyl (C=O) groups is 1. The van der Waals surface area contributed by atoms with Crippen LogP contribution in [0, 0.1) is 0 Å². The Bertz CT molecular complexity index is 556. The summed E-state index contributed by atoms with van der Waals surface area (Å²) in [6.07, 6.45) is 2.95. The van der Waals surface area contributed by atoms with Crippen LogP contribution in [0.2, 0.25) is 19.6 Å². The molecule has 1 aliphatic rings. The Morgan fingerprint density at radius 2 is 1.91 bits per heavy atom. The van der Waals surface area contributed by atoms with Gasteiger partial charge in [-0.25, -0.2) is 0 Å². The van der Waals surface area contributed by atoms with Crippen molar-refractivity contribution in [1.29, 1.82) is 0 Å². The van der Waals surface area contributed by atoms with Gasteiger partial charge in [0.15, 0.2) is 8.32 Å². The van der Waals surface area contributed by atoms with Gasteiger partial charge in [0.05, 0.1) is 6.29 Å². The van der Waals surface area contributed by atoms with Gasteiger partial charge in [0.2, 0.25) is 13.3 Å². The Morgan fingerprint density at radius 1 is 1.23 bits per heavy atom. The molecule has 4 nitrogen and oxygen atoms in total. The van der Waals surface area contributed by atoms with Gasteiger partial charge in [-0.05, 0) is 38.0 Å². The van der Waals surface area contributed by atoms with Crippen LogP contribution in [0.5, 0.6) is 0 Å². The largest absolute Gasteiger partial charge is 0.369 e. The highest BCUT2D eigenvalue weighted by Gasteiger charge is 2.35. The maximum Gasteiger partial charge on any atom is 0.223 e. The van der Waals surface area contributed by atoms with Gasteiger partial charge in [-0.3, -0.25) is 9.36 Å². The third-order valence-electron chi connectivity index (χ3n) is 3.58. The number of amides is 1. The molecular weight excluding hydrogens is 313 g/mol. The van der Waals surface area contributed by atoms with Crippen molar-refractivity contribution in [2.24, 2.45) is 0 Å². The molecule has 0 N–H and O–H groups in total. The molecule has 1 aromatic carbocycles. The van der Waals surface area contributed by atoms with E-state index in [1.165, 1.54) is 0 Å². The first kappa shape index (κ1) is 17.5. The molecule has 0 saturated carbocycles. The van der Waals surface area contributed by atoms with Gasteiger partial charge < -0.3 is 9.11 Å². The van der Waals surface area contributed by atoms with Crippen LogP contribution in [0.25, 0.3) is 0 Å². The van der Waals surface area contributed by atoms with Crippen molar-refractivity contribution in [2.75, 3.05) is 19.0 Å². The van der Waals surface area contributed by atoms with Crippen LogP contribution in [0.4, 0.5) is 0 Å². The average molecular weight is 339 g/mol. The Hall–Kier alpha value is -0.903. The highest BCUT2D eigenvalue weighted by molar-refractivity contribution is 7.60. The van der Waals surface area contributed by atoms with E-state index >= 15 is 0 Å². The van der Waals surface area contributed by atoms with E-state index < -0.39 is 15.7 Å². The molecule has 22 heavy (non-hydrogen) atoms. The maximum atomic E-state index is 13.3. The standard InChI is InChI=1S/C16H26NO3PSi/c1-22(2,3)20-21(19,14-17-12-7-10-16(17)18)13-11-15-8-5-4-6-9-15/h4-6,8-9H,7,10-14H2,1-3H3. The van der Waals surface area contributed by atoms with Crippen LogP contribution in [0.1, 0.15) is 18.4 Å². The third kappa shape index (κ3) is 5.38. The number of hydrogen-bond donors (Lipinski definition) is 0. The fourth-order valence-electron chi connectivity index (χ4n) is 2.70. The summed E-state index contributed by atoms with van der Waals surface area (Å²) >= 11 is 0. The molecular formula is C16H26NO3PSi. The second kappa shape index (κ2) is 7.11. The summed E-state index contributed by atoms with van der Waals surface area (Å²) in [4.78, 5) is 13.6. The predicted octanol–water partition coefficient (Wildman–Crippen LogP) is 3.94. The van der Waals surface area contributed by atoms with Crippen LogP contribution in [-0.4, -0.2) is 38.1 Å². The highest BCUT2D eigenvalue weighted by atomic mass is 31.2. The van der Waals surface area contributed by atoms with Gasteiger partial charge >= 0.3 is 0 Å². The van der Waals surface area contributed by atoms with Gasteiger partial charge in [0.1, 0.15) is 0 Å². The third-order valence-corrected chi connectivity index (χ3v) is 8.78. The van der Waals surface area contributed by atoms with Gasteiger partial charge in [-0.15, -0.1) is 0 Å². The van der Waals surface area contributed by atoms with Crippen molar-refractivity contribution >= 4 is 21.6 Å². The fourth-order valence-corrected chi connectivity index (χ4v) is 8.85. The van der Waals surface area contributed by atoms with E-state index in [-0.39, 0.29) is 12.2 Å².